The highest BCUT2D eigenvalue weighted by Gasteiger charge is 2.14. The first-order valence-electron chi connectivity index (χ1n) is 7.55. The molecule has 1 heterocycles. The zero-order valence-corrected chi connectivity index (χ0v) is 14.9. The van der Waals surface area contributed by atoms with Gasteiger partial charge < -0.3 is 10.2 Å². The van der Waals surface area contributed by atoms with Crippen LogP contribution in [0.5, 0.6) is 0 Å². The number of hydrogen-bond acceptors (Lipinski definition) is 3. The maximum absolute atomic E-state index is 12.7. The summed E-state index contributed by atoms with van der Waals surface area (Å²) in [6.45, 7) is 0. The molecule has 1 amide bonds. The van der Waals surface area contributed by atoms with Crippen molar-refractivity contribution in [1.29, 1.82) is 0 Å². The molecule has 6 heteroatoms. The molecule has 25 heavy (non-hydrogen) atoms. The highest BCUT2D eigenvalue weighted by Crippen LogP contribution is 2.31. The lowest BCUT2D eigenvalue weighted by Gasteiger charge is -2.17. The fraction of sp³-hybridized carbons (Fsp3) is 0.0526. The van der Waals surface area contributed by atoms with E-state index < -0.39 is 0 Å². The highest BCUT2D eigenvalue weighted by molar-refractivity contribution is 6.43. The van der Waals surface area contributed by atoms with E-state index in [1.165, 1.54) is 6.20 Å². The molecule has 3 rings (SSSR count). The summed E-state index contributed by atoms with van der Waals surface area (Å²) in [6.07, 6.45) is 3.16. The van der Waals surface area contributed by atoms with Gasteiger partial charge in [0.1, 0.15) is 0 Å². The number of aromatic nitrogens is 1. The summed E-state index contributed by atoms with van der Waals surface area (Å²) < 4.78 is 0. The molecular weight excluding hydrogens is 357 g/mol. The fourth-order valence-electron chi connectivity index (χ4n) is 2.34. The molecule has 0 atom stereocenters. The van der Waals surface area contributed by atoms with Gasteiger partial charge in [0.05, 0.1) is 33.2 Å². The van der Waals surface area contributed by atoms with Crippen LogP contribution in [-0.2, 0) is 0 Å². The van der Waals surface area contributed by atoms with Crippen LogP contribution in [-0.4, -0.2) is 17.9 Å². The number of carbonyl (C=O) groups is 1. The number of para-hydroxylation sites is 1. The van der Waals surface area contributed by atoms with Crippen molar-refractivity contribution in [3.05, 3.63) is 82.6 Å². The second-order valence-corrected chi connectivity index (χ2v) is 6.17. The molecule has 0 aliphatic rings. The van der Waals surface area contributed by atoms with Crippen LogP contribution in [0, 0.1) is 0 Å². The molecule has 3 aromatic rings. The molecule has 0 aliphatic heterocycles. The van der Waals surface area contributed by atoms with E-state index in [1.807, 2.05) is 30.3 Å². The van der Waals surface area contributed by atoms with Gasteiger partial charge in [0.15, 0.2) is 0 Å². The number of hydrogen-bond donors (Lipinski definition) is 1. The maximum atomic E-state index is 12.7. The number of halogens is 2. The number of amides is 1. The van der Waals surface area contributed by atoms with E-state index in [4.69, 9.17) is 23.2 Å². The lowest BCUT2D eigenvalue weighted by Crippen LogP contribution is -2.26. The van der Waals surface area contributed by atoms with Crippen molar-refractivity contribution in [1.82, 2.24) is 4.98 Å². The van der Waals surface area contributed by atoms with Crippen molar-refractivity contribution in [2.45, 2.75) is 0 Å². The minimum Gasteiger partial charge on any atom is -0.353 e. The molecule has 0 saturated heterocycles. The average molecular weight is 372 g/mol. The molecular formula is C19H15Cl2N3O. The fourth-order valence-corrected chi connectivity index (χ4v) is 2.69. The number of carbonyl (C=O) groups excluding carboxylic acids is 1. The molecule has 2 aromatic carbocycles. The summed E-state index contributed by atoms with van der Waals surface area (Å²) in [5.41, 5.74) is 2.58. The average Bonchev–Trinajstić information content (AvgIpc) is 2.65. The van der Waals surface area contributed by atoms with Gasteiger partial charge >= 0.3 is 0 Å². The Hall–Kier alpha value is -2.56. The van der Waals surface area contributed by atoms with E-state index in [1.54, 1.807) is 42.4 Å². The van der Waals surface area contributed by atoms with E-state index >= 15 is 0 Å². The van der Waals surface area contributed by atoms with Crippen LogP contribution in [0.4, 0.5) is 17.1 Å². The molecule has 126 valence electrons. The van der Waals surface area contributed by atoms with Crippen LogP contribution < -0.4 is 10.2 Å². The van der Waals surface area contributed by atoms with Crippen molar-refractivity contribution in [2.75, 3.05) is 17.3 Å². The Balaban J connectivity index is 1.84. The predicted octanol–water partition coefficient (Wildman–Crippen LogP) is 5.41. The van der Waals surface area contributed by atoms with Crippen molar-refractivity contribution in [3.63, 3.8) is 0 Å². The zero-order chi connectivity index (χ0) is 17.8. The third-order valence-corrected chi connectivity index (χ3v) is 4.48. The van der Waals surface area contributed by atoms with E-state index in [0.717, 1.165) is 5.69 Å². The monoisotopic (exact) mass is 371 g/mol. The van der Waals surface area contributed by atoms with Crippen molar-refractivity contribution >= 4 is 46.2 Å². The number of nitrogens with one attached hydrogen (secondary N) is 1. The van der Waals surface area contributed by atoms with Gasteiger partial charge in [0.25, 0.3) is 5.91 Å². The number of nitrogens with zero attached hydrogens (tertiary/aromatic N) is 2. The Labute approximate surface area is 156 Å². The zero-order valence-electron chi connectivity index (χ0n) is 13.4. The summed E-state index contributed by atoms with van der Waals surface area (Å²) in [7, 11) is 1.73. The maximum Gasteiger partial charge on any atom is 0.259 e. The van der Waals surface area contributed by atoms with E-state index in [-0.39, 0.29) is 5.91 Å². The standard InChI is InChI=1S/C19H15Cl2N3O/c1-24(15-6-3-2-4-7-15)19(25)13-10-14(12-22-11-13)23-17-9-5-8-16(20)18(17)21/h2-12,23H,1H3. The van der Waals surface area contributed by atoms with Crippen LogP contribution in [0.15, 0.2) is 67.0 Å². The van der Waals surface area contributed by atoms with Crippen LogP contribution in [0.25, 0.3) is 0 Å². The molecule has 0 fully saturated rings. The summed E-state index contributed by atoms with van der Waals surface area (Å²) >= 11 is 12.2. The minimum absolute atomic E-state index is 0.153. The Bertz CT molecular complexity index is 900. The Morgan fingerprint density at radius 1 is 1.04 bits per heavy atom. The molecule has 4 nitrogen and oxygen atoms in total. The second kappa shape index (κ2) is 7.55. The van der Waals surface area contributed by atoms with Crippen LogP contribution in [0.2, 0.25) is 10.0 Å². The molecule has 0 radical (unpaired) electrons. The first-order valence-corrected chi connectivity index (χ1v) is 8.31. The smallest absolute Gasteiger partial charge is 0.259 e. The van der Waals surface area contributed by atoms with Gasteiger partial charge in [0, 0.05) is 18.9 Å². The Kier molecular flexibility index (Phi) is 5.22. The largest absolute Gasteiger partial charge is 0.353 e. The van der Waals surface area contributed by atoms with Gasteiger partial charge in [-0.15, -0.1) is 0 Å². The third kappa shape index (κ3) is 3.92. The summed E-state index contributed by atoms with van der Waals surface area (Å²) in [4.78, 5) is 18.4. The predicted molar refractivity (Wildman–Crippen MR) is 103 cm³/mol. The van der Waals surface area contributed by atoms with Gasteiger partial charge in [-0.1, -0.05) is 47.5 Å². The highest BCUT2D eigenvalue weighted by atomic mass is 35.5. The van der Waals surface area contributed by atoms with E-state index in [0.29, 0.717) is 27.0 Å². The minimum atomic E-state index is -0.153. The summed E-state index contributed by atoms with van der Waals surface area (Å²) in [6, 6.07) is 16.5. The van der Waals surface area contributed by atoms with Gasteiger partial charge in [0.2, 0.25) is 0 Å². The van der Waals surface area contributed by atoms with E-state index in [9.17, 15) is 4.79 Å². The third-order valence-electron chi connectivity index (χ3n) is 3.66. The molecule has 1 N–H and O–H groups in total. The topological polar surface area (TPSA) is 45.2 Å². The molecule has 0 aliphatic carbocycles. The van der Waals surface area contributed by atoms with Crippen molar-refractivity contribution in [2.24, 2.45) is 0 Å². The lowest BCUT2D eigenvalue weighted by molar-refractivity contribution is 0.0992. The normalized spacial score (nSPS) is 10.4. The van der Waals surface area contributed by atoms with Crippen LogP contribution in [0.1, 0.15) is 10.4 Å². The SMILES string of the molecule is CN(C(=O)c1cncc(Nc2cccc(Cl)c2Cl)c1)c1ccccc1. The van der Waals surface area contributed by atoms with E-state index in [2.05, 4.69) is 10.3 Å². The molecule has 0 bridgehead atoms. The number of benzene rings is 2. The Morgan fingerprint density at radius 3 is 2.56 bits per heavy atom. The molecule has 0 saturated carbocycles. The first-order chi connectivity index (χ1) is 12.1. The summed E-state index contributed by atoms with van der Waals surface area (Å²) in [5, 5.41) is 4.01. The molecule has 1 aromatic heterocycles. The van der Waals surface area contributed by atoms with Crippen molar-refractivity contribution in [3.8, 4) is 0 Å². The van der Waals surface area contributed by atoms with Crippen LogP contribution in [0.3, 0.4) is 0 Å². The second-order valence-electron chi connectivity index (χ2n) is 5.39. The quantitative estimate of drug-likeness (QED) is 0.666. The lowest BCUT2D eigenvalue weighted by atomic mass is 10.2. The molecule has 0 unspecified atom stereocenters. The van der Waals surface area contributed by atoms with Gasteiger partial charge in [-0.05, 0) is 30.3 Å². The van der Waals surface area contributed by atoms with Gasteiger partial charge in [-0.2, -0.15) is 0 Å². The number of anilines is 3. The Morgan fingerprint density at radius 2 is 1.80 bits per heavy atom. The van der Waals surface area contributed by atoms with Gasteiger partial charge in [-0.25, -0.2) is 0 Å². The van der Waals surface area contributed by atoms with Gasteiger partial charge in [-0.3, -0.25) is 9.78 Å². The first kappa shape index (κ1) is 17.3. The number of rotatable bonds is 4. The van der Waals surface area contributed by atoms with Crippen molar-refractivity contribution < 1.29 is 4.79 Å². The van der Waals surface area contributed by atoms with Crippen LogP contribution >= 0.6 is 23.2 Å². The molecule has 0 spiro atoms. The summed E-state index contributed by atoms with van der Waals surface area (Å²) in [5.74, 6) is -0.153. The number of pyridine rings is 1.